The lowest BCUT2D eigenvalue weighted by molar-refractivity contribution is -0.116. The van der Waals surface area contributed by atoms with Crippen LogP contribution in [0, 0.1) is 0 Å². The normalized spacial score (nSPS) is 13.6. The van der Waals surface area contributed by atoms with Crippen molar-refractivity contribution in [3.63, 3.8) is 0 Å². The van der Waals surface area contributed by atoms with E-state index in [1.807, 2.05) is 12.1 Å². The van der Waals surface area contributed by atoms with Crippen LogP contribution in [0.1, 0.15) is 29.6 Å². The molecule has 0 saturated carbocycles. The summed E-state index contributed by atoms with van der Waals surface area (Å²) in [6.45, 7) is 1.18. The summed E-state index contributed by atoms with van der Waals surface area (Å²) in [5, 5.41) is 3.44. The molecule has 1 aliphatic heterocycles. The Kier molecular flexibility index (Phi) is 6.63. The fraction of sp³-hybridized carbons (Fsp3) is 0.320. The molecule has 0 atom stereocenters. The van der Waals surface area contributed by atoms with Crippen molar-refractivity contribution in [3.05, 3.63) is 64.4 Å². The molecule has 2 aromatic carbocycles. The monoisotopic (exact) mass is 449 g/mol. The van der Waals surface area contributed by atoms with Crippen molar-refractivity contribution in [2.24, 2.45) is 0 Å². The van der Waals surface area contributed by atoms with Gasteiger partial charge in [0, 0.05) is 30.6 Å². The lowest BCUT2D eigenvalue weighted by Crippen LogP contribution is -2.37. The van der Waals surface area contributed by atoms with E-state index in [0.717, 1.165) is 19.3 Å². The zero-order valence-electron chi connectivity index (χ0n) is 18.8. The van der Waals surface area contributed by atoms with Crippen molar-refractivity contribution in [2.45, 2.75) is 25.8 Å². The fourth-order valence-corrected chi connectivity index (χ4v) is 4.19. The number of para-hydroxylation sites is 1. The van der Waals surface area contributed by atoms with Crippen LogP contribution in [-0.2, 0) is 11.3 Å². The third-order valence-electron chi connectivity index (χ3n) is 5.87. The molecule has 0 radical (unpaired) electrons. The average Bonchev–Trinajstić information content (AvgIpc) is 2.85. The molecule has 172 valence electrons. The maximum absolute atomic E-state index is 13.1. The molecule has 3 aromatic rings. The van der Waals surface area contributed by atoms with Crippen LogP contribution in [0.4, 0.5) is 5.69 Å². The van der Waals surface area contributed by atoms with Gasteiger partial charge in [0.25, 0.3) is 11.5 Å². The van der Waals surface area contributed by atoms with Gasteiger partial charge in [-0.25, -0.2) is 0 Å². The molecule has 2 heterocycles. The van der Waals surface area contributed by atoms with Gasteiger partial charge in [-0.2, -0.15) is 0 Å². The number of carbonyl (C=O) groups excluding carboxylic acids is 2. The van der Waals surface area contributed by atoms with Crippen LogP contribution in [-0.4, -0.2) is 48.6 Å². The van der Waals surface area contributed by atoms with Gasteiger partial charge in [0.2, 0.25) is 5.91 Å². The highest BCUT2D eigenvalue weighted by molar-refractivity contribution is 6.06. The number of aromatic nitrogens is 1. The Morgan fingerprint density at radius 2 is 1.73 bits per heavy atom. The second-order valence-electron chi connectivity index (χ2n) is 7.97. The van der Waals surface area contributed by atoms with Crippen molar-refractivity contribution in [1.82, 2.24) is 9.47 Å². The third kappa shape index (κ3) is 4.69. The van der Waals surface area contributed by atoms with E-state index >= 15 is 0 Å². The number of nitrogens with one attached hydrogen (secondary N) is 1. The Morgan fingerprint density at radius 1 is 0.970 bits per heavy atom. The van der Waals surface area contributed by atoms with Gasteiger partial charge in [0.05, 0.1) is 31.0 Å². The van der Waals surface area contributed by atoms with E-state index in [0.29, 0.717) is 46.7 Å². The van der Waals surface area contributed by atoms with E-state index in [4.69, 9.17) is 9.47 Å². The number of benzene rings is 2. The van der Waals surface area contributed by atoms with Gasteiger partial charge >= 0.3 is 0 Å². The summed E-state index contributed by atoms with van der Waals surface area (Å²) in [7, 11) is 3.04. The van der Waals surface area contributed by atoms with Crippen molar-refractivity contribution in [1.29, 1.82) is 0 Å². The second-order valence-corrected chi connectivity index (χ2v) is 7.97. The first kappa shape index (κ1) is 22.4. The molecule has 4 rings (SSSR count). The van der Waals surface area contributed by atoms with Gasteiger partial charge in [-0.15, -0.1) is 0 Å². The van der Waals surface area contributed by atoms with Crippen LogP contribution in [0.3, 0.4) is 0 Å². The van der Waals surface area contributed by atoms with Crippen LogP contribution in [0.15, 0.2) is 53.3 Å². The van der Waals surface area contributed by atoms with Crippen LogP contribution in [0.2, 0.25) is 0 Å². The highest BCUT2D eigenvalue weighted by Gasteiger charge is 2.22. The van der Waals surface area contributed by atoms with E-state index in [2.05, 4.69) is 5.32 Å². The maximum atomic E-state index is 13.1. The number of pyridine rings is 1. The Bertz CT molecular complexity index is 1240. The molecule has 1 N–H and O–H groups in total. The zero-order chi connectivity index (χ0) is 23.4. The number of ether oxygens (including phenoxy) is 2. The Balaban J connectivity index is 1.65. The number of amides is 2. The summed E-state index contributed by atoms with van der Waals surface area (Å²) in [5.41, 5.74) is 0.958. The lowest BCUT2D eigenvalue weighted by atomic mass is 10.0. The Hall–Kier alpha value is -3.81. The van der Waals surface area contributed by atoms with E-state index in [-0.39, 0.29) is 12.5 Å². The number of anilines is 1. The molecule has 1 fully saturated rings. The van der Waals surface area contributed by atoms with Gasteiger partial charge in [-0.1, -0.05) is 18.2 Å². The molecule has 2 amide bonds. The number of hydrogen-bond donors (Lipinski definition) is 1. The SMILES string of the molecule is COc1ccc(OC)c(NC(=O)Cn2c(=O)cc(C(=O)N3CCCCC3)c3ccccc32)c1. The molecule has 8 nitrogen and oxygen atoms in total. The first-order valence-electron chi connectivity index (χ1n) is 11.0. The molecule has 0 spiro atoms. The Labute approximate surface area is 191 Å². The molecule has 1 aliphatic rings. The van der Waals surface area contributed by atoms with Crippen molar-refractivity contribution in [2.75, 3.05) is 32.6 Å². The number of fused-ring (bicyclic) bond motifs is 1. The van der Waals surface area contributed by atoms with Gasteiger partial charge in [-0.3, -0.25) is 19.0 Å². The van der Waals surface area contributed by atoms with E-state index in [9.17, 15) is 14.4 Å². The summed E-state index contributed by atoms with van der Waals surface area (Å²) in [6.07, 6.45) is 3.04. The molecule has 0 aliphatic carbocycles. The molecule has 1 aromatic heterocycles. The standard InChI is InChI=1S/C25H27N3O5/c1-32-17-10-11-22(33-2)20(14-17)26-23(29)16-28-21-9-5-4-8-18(21)19(15-24(28)30)25(31)27-12-6-3-7-13-27/h4-5,8-11,14-15H,3,6-7,12-13,16H2,1-2H3,(H,26,29). The van der Waals surface area contributed by atoms with E-state index < -0.39 is 11.5 Å². The minimum Gasteiger partial charge on any atom is -0.497 e. The summed E-state index contributed by atoms with van der Waals surface area (Å²) in [6, 6.07) is 13.6. The molecule has 33 heavy (non-hydrogen) atoms. The van der Waals surface area contributed by atoms with Crippen molar-refractivity contribution < 1.29 is 19.1 Å². The fourth-order valence-electron chi connectivity index (χ4n) is 4.19. The zero-order valence-corrected chi connectivity index (χ0v) is 18.8. The van der Waals surface area contributed by atoms with Gasteiger partial charge in [0.15, 0.2) is 0 Å². The third-order valence-corrected chi connectivity index (χ3v) is 5.87. The molecule has 0 unspecified atom stereocenters. The van der Waals surface area contributed by atoms with Crippen molar-refractivity contribution >= 4 is 28.4 Å². The maximum Gasteiger partial charge on any atom is 0.254 e. The number of likely N-dealkylation sites (tertiary alicyclic amines) is 1. The number of methoxy groups -OCH3 is 2. The summed E-state index contributed by atoms with van der Waals surface area (Å²) >= 11 is 0. The average molecular weight is 450 g/mol. The molecule has 1 saturated heterocycles. The summed E-state index contributed by atoms with van der Waals surface area (Å²) in [4.78, 5) is 40.8. The minimum atomic E-state index is -0.401. The molecular weight excluding hydrogens is 422 g/mol. The largest absolute Gasteiger partial charge is 0.497 e. The van der Waals surface area contributed by atoms with Gasteiger partial charge < -0.3 is 19.7 Å². The van der Waals surface area contributed by atoms with Crippen LogP contribution < -0.4 is 20.3 Å². The Morgan fingerprint density at radius 3 is 2.45 bits per heavy atom. The first-order chi connectivity index (χ1) is 16.0. The first-order valence-corrected chi connectivity index (χ1v) is 11.0. The topological polar surface area (TPSA) is 89.9 Å². The predicted molar refractivity (Wildman–Crippen MR) is 126 cm³/mol. The number of nitrogens with zero attached hydrogens (tertiary/aromatic N) is 2. The van der Waals surface area contributed by atoms with Gasteiger partial charge in [0.1, 0.15) is 18.0 Å². The number of rotatable bonds is 6. The van der Waals surface area contributed by atoms with Crippen LogP contribution in [0.25, 0.3) is 10.9 Å². The number of carbonyl (C=O) groups is 2. The molecule has 8 heteroatoms. The number of piperidine rings is 1. The van der Waals surface area contributed by atoms with Crippen molar-refractivity contribution in [3.8, 4) is 11.5 Å². The quantitative estimate of drug-likeness (QED) is 0.624. The highest BCUT2D eigenvalue weighted by Crippen LogP contribution is 2.29. The second kappa shape index (κ2) is 9.77. The lowest BCUT2D eigenvalue weighted by Gasteiger charge is -2.27. The molecular formula is C25H27N3O5. The smallest absolute Gasteiger partial charge is 0.254 e. The number of hydrogen-bond acceptors (Lipinski definition) is 5. The predicted octanol–water partition coefficient (Wildman–Crippen LogP) is 3.28. The van der Waals surface area contributed by atoms with E-state index in [1.54, 1.807) is 35.2 Å². The minimum absolute atomic E-state index is 0.138. The van der Waals surface area contributed by atoms with Crippen LogP contribution in [0.5, 0.6) is 11.5 Å². The summed E-state index contributed by atoms with van der Waals surface area (Å²) in [5.74, 6) is 0.503. The van der Waals surface area contributed by atoms with E-state index in [1.165, 1.54) is 24.9 Å². The summed E-state index contributed by atoms with van der Waals surface area (Å²) < 4.78 is 11.9. The van der Waals surface area contributed by atoms with Crippen LogP contribution >= 0.6 is 0 Å². The van der Waals surface area contributed by atoms with Gasteiger partial charge in [-0.05, 0) is 37.5 Å². The highest BCUT2D eigenvalue weighted by atomic mass is 16.5. The molecule has 0 bridgehead atoms.